The van der Waals surface area contributed by atoms with E-state index in [1.807, 2.05) is 4.72 Å². The van der Waals surface area contributed by atoms with Crippen molar-refractivity contribution in [3.8, 4) is 11.1 Å². The summed E-state index contributed by atoms with van der Waals surface area (Å²) in [6.45, 7) is -0.188. The highest BCUT2D eigenvalue weighted by Gasteiger charge is 2.29. The average molecular weight is 629 g/mol. The molecule has 3 aromatic carbocycles. The van der Waals surface area contributed by atoms with Crippen LogP contribution in [0.2, 0.25) is 5.02 Å². The summed E-state index contributed by atoms with van der Waals surface area (Å²) >= 11 is 6.29. The number of rotatable bonds is 8. The first kappa shape index (κ1) is 29.0. The zero-order valence-electron chi connectivity index (χ0n) is 21.8. The monoisotopic (exact) mass is 628 g/mol. The molecular weight excluding hydrogens is 607 g/mol. The molecule has 10 nitrogen and oxygen atoms in total. The first-order valence-electron chi connectivity index (χ1n) is 12.2. The van der Waals surface area contributed by atoms with Gasteiger partial charge in [-0.1, -0.05) is 35.9 Å². The third-order valence-electron chi connectivity index (χ3n) is 6.29. The summed E-state index contributed by atoms with van der Waals surface area (Å²) in [5.74, 6) is -1.67. The lowest BCUT2D eigenvalue weighted by molar-refractivity contribution is 0.0974. The second-order valence-electron chi connectivity index (χ2n) is 9.31. The Morgan fingerprint density at radius 1 is 0.976 bits per heavy atom. The lowest BCUT2D eigenvalue weighted by Crippen LogP contribution is -2.33. The average Bonchev–Trinajstić information content (AvgIpc) is 3.22. The van der Waals surface area contributed by atoms with Gasteiger partial charge in [-0.3, -0.25) is 14.3 Å². The molecule has 5 rings (SSSR count). The molecule has 14 heteroatoms. The Labute approximate surface area is 244 Å². The van der Waals surface area contributed by atoms with Gasteiger partial charge < -0.3 is 9.55 Å². The number of amides is 1. The maximum atomic E-state index is 14.8. The van der Waals surface area contributed by atoms with Gasteiger partial charge in [0.1, 0.15) is 11.5 Å². The van der Waals surface area contributed by atoms with Crippen LogP contribution in [0, 0.1) is 5.82 Å². The van der Waals surface area contributed by atoms with E-state index in [-0.39, 0.29) is 39.6 Å². The Hall–Kier alpha value is -4.46. The van der Waals surface area contributed by atoms with Crippen molar-refractivity contribution < 1.29 is 26.0 Å². The molecule has 2 aromatic heterocycles. The first-order valence-corrected chi connectivity index (χ1v) is 16.0. The molecule has 2 heterocycles. The van der Waals surface area contributed by atoms with E-state index in [0.29, 0.717) is 10.9 Å². The van der Waals surface area contributed by atoms with Crippen LogP contribution >= 0.6 is 11.6 Å². The van der Waals surface area contributed by atoms with E-state index in [2.05, 4.69) is 9.71 Å². The number of benzene rings is 3. The third kappa shape index (κ3) is 5.93. The molecule has 0 saturated carbocycles. The topological polar surface area (TPSA) is 147 Å². The smallest absolute Gasteiger partial charge is 0.282 e. The number of nitrogens with one attached hydrogen (secondary N) is 3. The van der Waals surface area contributed by atoms with Crippen molar-refractivity contribution in [1.82, 2.24) is 14.3 Å². The SMILES string of the molecule is CS(=O)(=O)Nc1cccc(S(=O)(=O)NC(=O)c2c(-c3ccc[nH]c3=O)c3cc(Cl)ccc3n2Cc2ccccc2F)c1. The number of halogens is 2. The quantitative estimate of drug-likeness (QED) is 0.233. The molecule has 0 unspecified atom stereocenters. The Morgan fingerprint density at radius 2 is 1.74 bits per heavy atom. The number of nitrogens with zero attached hydrogens (tertiary/aromatic N) is 1. The number of anilines is 1. The molecule has 0 aliphatic rings. The van der Waals surface area contributed by atoms with E-state index in [4.69, 9.17) is 11.6 Å². The number of aromatic amines is 1. The van der Waals surface area contributed by atoms with Crippen molar-refractivity contribution in [3.05, 3.63) is 118 Å². The Kier molecular flexibility index (Phi) is 7.66. The summed E-state index contributed by atoms with van der Waals surface area (Å²) in [7, 11) is -8.28. The van der Waals surface area contributed by atoms with Gasteiger partial charge in [0.15, 0.2) is 0 Å². The molecule has 0 atom stereocenters. The maximum Gasteiger partial charge on any atom is 0.282 e. The largest absolute Gasteiger partial charge is 0.331 e. The van der Waals surface area contributed by atoms with Gasteiger partial charge in [-0.05, 0) is 54.6 Å². The fourth-order valence-electron chi connectivity index (χ4n) is 4.59. The summed E-state index contributed by atoms with van der Waals surface area (Å²) in [6.07, 6.45) is 2.31. The van der Waals surface area contributed by atoms with Gasteiger partial charge in [0, 0.05) is 44.5 Å². The number of hydrogen-bond donors (Lipinski definition) is 3. The second kappa shape index (κ2) is 11.1. The van der Waals surface area contributed by atoms with Crippen molar-refractivity contribution in [3.63, 3.8) is 0 Å². The van der Waals surface area contributed by atoms with Crippen LogP contribution in [0.15, 0.2) is 94.7 Å². The minimum absolute atomic E-state index is 0.0346. The van der Waals surface area contributed by atoms with Crippen LogP contribution in [0.5, 0.6) is 0 Å². The number of carbonyl (C=O) groups excluding carboxylic acids is 1. The second-order valence-corrected chi connectivity index (χ2v) is 13.2. The highest BCUT2D eigenvalue weighted by Crippen LogP contribution is 2.36. The Bertz CT molecular complexity index is 2140. The fraction of sp³-hybridized carbons (Fsp3) is 0.0714. The predicted octanol–water partition coefficient (Wildman–Crippen LogP) is 4.33. The van der Waals surface area contributed by atoms with Gasteiger partial charge in [-0.25, -0.2) is 25.9 Å². The Balaban J connectivity index is 1.71. The number of sulfonamides is 2. The van der Waals surface area contributed by atoms with Gasteiger partial charge >= 0.3 is 0 Å². The zero-order valence-corrected chi connectivity index (χ0v) is 24.1. The Morgan fingerprint density at radius 3 is 2.45 bits per heavy atom. The fourth-order valence-corrected chi connectivity index (χ4v) is 6.31. The number of carbonyl (C=O) groups is 1. The molecule has 5 aromatic rings. The molecule has 0 saturated heterocycles. The molecule has 0 aliphatic heterocycles. The van der Waals surface area contributed by atoms with E-state index in [1.54, 1.807) is 24.3 Å². The van der Waals surface area contributed by atoms with Crippen molar-refractivity contribution in [2.75, 3.05) is 11.0 Å². The number of H-pyrrole nitrogens is 1. The molecule has 42 heavy (non-hydrogen) atoms. The lowest BCUT2D eigenvalue weighted by atomic mass is 10.0. The van der Waals surface area contributed by atoms with Gasteiger partial charge in [-0.15, -0.1) is 0 Å². The van der Waals surface area contributed by atoms with E-state index >= 15 is 0 Å². The third-order valence-corrected chi connectivity index (χ3v) is 8.46. The highest BCUT2D eigenvalue weighted by atomic mass is 35.5. The zero-order chi connectivity index (χ0) is 30.2. The normalized spacial score (nSPS) is 11.9. The molecule has 216 valence electrons. The molecule has 0 spiro atoms. The van der Waals surface area contributed by atoms with Gasteiger partial charge in [0.2, 0.25) is 10.0 Å². The minimum atomic E-state index is -4.57. The first-order chi connectivity index (χ1) is 19.8. The summed E-state index contributed by atoms with van der Waals surface area (Å²) in [5, 5.41) is 0.645. The molecule has 0 bridgehead atoms. The number of aromatic nitrogens is 2. The van der Waals surface area contributed by atoms with Gasteiger partial charge in [0.25, 0.3) is 21.5 Å². The van der Waals surface area contributed by atoms with Crippen molar-refractivity contribution >= 4 is 54.1 Å². The van der Waals surface area contributed by atoms with Crippen LogP contribution in [0.3, 0.4) is 0 Å². The molecule has 0 radical (unpaired) electrons. The maximum absolute atomic E-state index is 14.8. The van der Waals surface area contributed by atoms with Crippen LogP contribution in [0.4, 0.5) is 10.1 Å². The summed E-state index contributed by atoms with van der Waals surface area (Å²) in [6, 6.07) is 18.5. The number of hydrogen-bond acceptors (Lipinski definition) is 6. The highest BCUT2D eigenvalue weighted by molar-refractivity contribution is 7.92. The van der Waals surface area contributed by atoms with E-state index in [1.165, 1.54) is 59.3 Å². The molecule has 1 amide bonds. The molecule has 0 fully saturated rings. The number of pyridine rings is 1. The van der Waals surface area contributed by atoms with Crippen molar-refractivity contribution in [2.45, 2.75) is 11.4 Å². The predicted molar refractivity (Wildman–Crippen MR) is 158 cm³/mol. The molecule has 0 aliphatic carbocycles. The van der Waals surface area contributed by atoms with E-state index < -0.39 is 42.2 Å². The van der Waals surface area contributed by atoms with Crippen molar-refractivity contribution in [2.24, 2.45) is 0 Å². The summed E-state index contributed by atoms with van der Waals surface area (Å²) in [4.78, 5) is 29.0. The van der Waals surface area contributed by atoms with Crippen LogP contribution in [0.1, 0.15) is 16.1 Å². The van der Waals surface area contributed by atoms with Crippen LogP contribution in [0.25, 0.3) is 22.0 Å². The summed E-state index contributed by atoms with van der Waals surface area (Å²) < 4.78 is 70.4. The number of fused-ring (bicyclic) bond motifs is 1. The van der Waals surface area contributed by atoms with Gasteiger partial charge in [0.05, 0.1) is 17.7 Å². The van der Waals surface area contributed by atoms with Crippen LogP contribution < -0.4 is 15.0 Å². The standard InChI is InChI=1S/C28H22ClFN4O6S2/c1-41(37,38)32-19-7-4-8-20(15-19)42(39,40)33-28(36)26-25(21-9-5-13-31-27(21)35)22-14-18(29)11-12-24(22)34(26)16-17-6-2-3-10-23(17)30/h2-15,32H,16H2,1H3,(H,31,35)(H,33,36). The van der Waals surface area contributed by atoms with Gasteiger partial charge in [-0.2, -0.15) is 0 Å². The molecular formula is C28H22ClFN4O6S2. The van der Waals surface area contributed by atoms with Crippen LogP contribution in [-0.2, 0) is 26.6 Å². The van der Waals surface area contributed by atoms with Crippen molar-refractivity contribution in [1.29, 1.82) is 0 Å². The van der Waals surface area contributed by atoms with E-state index in [9.17, 15) is 30.8 Å². The summed E-state index contributed by atoms with van der Waals surface area (Å²) in [5.41, 5.74) is -0.0883. The van der Waals surface area contributed by atoms with E-state index in [0.717, 1.165) is 12.3 Å². The lowest BCUT2D eigenvalue weighted by Gasteiger charge is -2.14. The molecule has 3 N–H and O–H groups in total. The minimum Gasteiger partial charge on any atom is -0.331 e. The van der Waals surface area contributed by atoms with Crippen LogP contribution in [-0.4, -0.2) is 38.5 Å².